The van der Waals surface area contributed by atoms with Crippen LogP contribution in [-0.2, 0) is 4.79 Å². The predicted molar refractivity (Wildman–Crippen MR) is 111 cm³/mol. The molecule has 0 saturated heterocycles. The van der Waals surface area contributed by atoms with Crippen LogP contribution < -0.4 is 14.8 Å². The van der Waals surface area contributed by atoms with Gasteiger partial charge < -0.3 is 14.8 Å². The van der Waals surface area contributed by atoms with E-state index in [4.69, 9.17) is 9.47 Å². The maximum atomic E-state index is 12.6. The molecule has 7 heteroatoms. The monoisotopic (exact) mass is 442 g/mol. The third-order valence-electron chi connectivity index (χ3n) is 3.77. The maximum Gasteiger partial charge on any atom is 0.266 e. The van der Waals surface area contributed by atoms with Crippen molar-refractivity contribution in [3.63, 3.8) is 0 Å². The SMILES string of the molecule is CCOc1cc(/C=C(/C#N)C(=O)Nc2ccccc2C(C)=O)cc(Br)c1OC. The number of amides is 1. The van der Waals surface area contributed by atoms with Crippen molar-refractivity contribution in [1.29, 1.82) is 5.26 Å². The number of nitriles is 1. The molecule has 0 spiro atoms. The number of halogens is 1. The molecule has 2 aromatic carbocycles. The molecule has 0 fully saturated rings. The van der Waals surface area contributed by atoms with Crippen molar-refractivity contribution in [1.82, 2.24) is 0 Å². The fraction of sp³-hybridized carbons (Fsp3) is 0.190. The molecule has 0 aliphatic carbocycles. The van der Waals surface area contributed by atoms with E-state index in [1.807, 2.05) is 13.0 Å². The van der Waals surface area contributed by atoms with Crippen molar-refractivity contribution >= 4 is 39.4 Å². The van der Waals surface area contributed by atoms with E-state index >= 15 is 0 Å². The lowest BCUT2D eigenvalue weighted by Gasteiger charge is -2.12. The van der Waals surface area contributed by atoms with Crippen LogP contribution in [0.25, 0.3) is 6.08 Å². The Kier molecular flexibility index (Phi) is 7.36. The summed E-state index contributed by atoms with van der Waals surface area (Å²) in [7, 11) is 1.53. The van der Waals surface area contributed by atoms with Crippen molar-refractivity contribution in [3.8, 4) is 17.6 Å². The Morgan fingerprint density at radius 3 is 2.61 bits per heavy atom. The Hall–Kier alpha value is -3.11. The van der Waals surface area contributed by atoms with Gasteiger partial charge >= 0.3 is 0 Å². The molecule has 0 atom stereocenters. The highest BCUT2D eigenvalue weighted by atomic mass is 79.9. The van der Waals surface area contributed by atoms with E-state index in [2.05, 4.69) is 21.2 Å². The fourth-order valence-corrected chi connectivity index (χ4v) is 3.16. The first-order chi connectivity index (χ1) is 13.4. The molecule has 0 radical (unpaired) electrons. The van der Waals surface area contributed by atoms with Crippen LogP contribution >= 0.6 is 15.9 Å². The van der Waals surface area contributed by atoms with Gasteiger partial charge in [0.1, 0.15) is 11.6 Å². The molecule has 144 valence electrons. The lowest BCUT2D eigenvalue weighted by Crippen LogP contribution is -2.15. The first-order valence-corrected chi connectivity index (χ1v) is 9.24. The van der Waals surface area contributed by atoms with Gasteiger partial charge in [-0.25, -0.2) is 0 Å². The molecule has 1 amide bonds. The lowest BCUT2D eigenvalue weighted by atomic mass is 10.1. The number of anilines is 1. The molecule has 0 saturated carbocycles. The Labute approximate surface area is 171 Å². The molecular weight excluding hydrogens is 424 g/mol. The molecule has 0 aliphatic rings. The second kappa shape index (κ2) is 9.72. The highest BCUT2D eigenvalue weighted by molar-refractivity contribution is 9.10. The second-order valence-corrected chi connectivity index (χ2v) is 6.55. The number of carbonyl (C=O) groups excluding carboxylic acids is 2. The van der Waals surface area contributed by atoms with Crippen LogP contribution in [0.3, 0.4) is 0 Å². The zero-order valence-corrected chi connectivity index (χ0v) is 17.3. The highest BCUT2D eigenvalue weighted by Gasteiger charge is 2.15. The van der Waals surface area contributed by atoms with Crippen LogP contribution in [0.2, 0.25) is 0 Å². The van der Waals surface area contributed by atoms with Crippen LogP contribution in [0.5, 0.6) is 11.5 Å². The van der Waals surface area contributed by atoms with E-state index in [0.29, 0.717) is 39.4 Å². The number of hydrogen-bond acceptors (Lipinski definition) is 5. The minimum atomic E-state index is -0.610. The van der Waals surface area contributed by atoms with E-state index in [1.165, 1.54) is 20.1 Å². The van der Waals surface area contributed by atoms with Gasteiger partial charge in [-0.05, 0) is 65.7 Å². The molecule has 28 heavy (non-hydrogen) atoms. The molecular formula is C21H19BrN2O4. The minimum absolute atomic E-state index is 0.113. The van der Waals surface area contributed by atoms with Crippen molar-refractivity contribution in [3.05, 3.63) is 57.6 Å². The van der Waals surface area contributed by atoms with Crippen LogP contribution in [0.1, 0.15) is 29.8 Å². The summed E-state index contributed by atoms with van der Waals surface area (Å²) >= 11 is 3.40. The Morgan fingerprint density at radius 1 is 1.29 bits per heavy atom. The van der Waals surface area contributed by atoms with Gasteiger partial charge in [0.05, 0.1) is 23.9 Å². The molecule has 6 nitrogen and oxygen atoms in total. The van der Waals surface area contributed by atoms with Gasteiger partial charge in [0.2, 0.25) is 0 Å². The largest absolute Gasteiger partial charge is 0.492 e. The molecule has 0 bridgehead atoms. The van der Waals surface area contributed by atoms with Crippen molar-refractivity contribution in [2.24, 2.45) is 0 Å². The number of Topliss-reactive ketones (excluding diaryl/α,β-unsaturated/α-hetero) is 1. The Bertz CT molecular complexity index is 977. The van der Waals surface area contributed by atoms with E-state index in [9.17, 15) is 14.9 Å². The first kappa shape index (κ1) is 21.2. The summed E-state index contributed by atoms with van der Waals surface area (Å²) in [4.78, 5) is 24.3. The summed E-state index contributed by atoms with van der Waals surface area (Å²) in [5.41, 5.74) is 1.20. The predicted octanol–water partition coefficient (Wildman–Crippen LogP) is 4.60. The molecule has 0 unspecified atom stereocenters. The number of carbonyl (C=O) groups is 2. The Balaban J connectivity index is 2.38. The topological polar surface area (TPSA) is 88.4 Å². The molecule has 2 aromatic rings. The molecule has 0 heterocycles. The number of hydrogen-bond donors (Lipinski definition) is 1. The van der Waals surface area contributed by atoms with Crippen LogP contribution in [0.15, 0.2) is 46.4 Å². The van der Waals surface area contributed by atoms with Crippen LogP contribution in [-0.4, -0.2) is 25.4 Å². The zero-order chi connectivity index (χ0) is 20.7. The lowest BCUT2D eigenvalue weighted by molar-refractivity contribution is -0.112. The summed E-state index contributed by atoms with van der Waals surface area (Å²) in [6, 6.07) is 11.9. The second-order valence-electron chi connectivity index (χ2n) is 5.69. The highest BCUT2D eigenvalue weighted by Crippen LogP contribution is 2.37. The first-order valence-electron chi connectivity index (χ1n) is 8.44. The van der Waals surface area contributed by atoms with Gasteiger partial charge in [-0.15, -0.1) is 0 Å². The average Bonchev–Trinajstić information content (AvgIpc) is 2.66. The van der Waals surface area contributed by atoms with E-state index in [0.717, 1.165) is 0 Å². The average molecular weight is 443 g/mol. The van der Waals surface area contributed by atoms with Gasteiger partial charge in [-0.1, -0.05) is 12.1 Å². The molecule has 1 N–H and O–H groups in total. The number of ketones is 1. The summed E-state index contributed by atoms with van der Waals surface area (Å²) < 4.78 is 11.5. The Morgan fingerprint density at radius 2 is 2.00 bits per heavy atom. The number of rotatable bonds is 7. The van der Waals surface area contributed by atoms with Gasteiger partial charge in [-0.2, -0.15) is 5.26 Å². The van der Waals surface area contributed by atoms with Gasteiger partial charge in [0, 0.05) is 5.56 Å². The van der Waals surface area contributed by atoms with Crippen molar-refractivity contribution in [2.75, 3.05) is 19.0 Å². The number of benzene rings is 2. The standard InChI is InChI=1S/C21H19BrN2O4/c1-4-28-19-11-14(10-17(22)20(19)27-3)9-15(12-23)21(26)24-18-8-6-5-7-16(18)13(2)25/h5-11H,4H2,1-3H3,(H,24,26)/b15-9-. The zero-order valence-electron chi connectivity index (χ0n) is 15.7. The summed E-state index contributed by atoms with van der Waals surface area (Å²) in [6.45, 7) is 3.69. The number of nitrogens with one attached hydrogen (secondary N) is 1. The van der Waals surface area contributed by atoms with Crippen LogP contribution in [0, 0.1) is 11.3 Å². The third-order valence-corrected chi connectivity index (χ3v) is 4.36. The fourth-order valence-electron chi connectivity index (χ4n) is 2.54. The maximum absolute atomic E-state index is 12.6. The van der Waals surface area contributed by atoms with E-state index in [1.54, 1.807) is 36.4 Å². The number of methoxy groups -OCH3 is 1. The van der Waals surface area contributed by atoms with E-state index < -0.39 is 5.91 Å². The third kappa shape index (κ3) is 4.99. The molecule has 2 rings (SSSR count). The van der Waals surface area contributed by atoms with Gasteiger partial charge in [0.25, 0.3) is 5.91 Å². The summed E-state index contributed by atoms with van der Waals surface area (Å²) in [5, 5.41) is 12.1. The minimum Gasteiger partial charge on any atom is -0.492 e. The van der Waals surface area contributed by atoms with E-state index in [-0.39, 0.29) is 11.4 Å². The smallest absolute Gasteiger partial charge is 0.266 e. The number of para-hydroxylation sites is 1. The number of nitrogens with zero attached hydrogens (tertiary/aromatic N) is 1. The summed E-state index contributed by atoms with van der Waals surface area (Å²) in [6.07, 6.45) is 1.44. The number of ether oxygens (including phenoxy) is 2. The molecule has 0 aliphatic heterocycles. The van der Waals surface area contributed by atoms with Crippen LogP contribution in [0.4, 0.5) is 5.69 Å². The van der Waals surface area contributed by atoms with Crippen molar-refractivity contribution in [2.45, 2.75) is 13.8 Å². The molecule has 0 aromatic heterocycles. The van der Waals surface area contributed by atoms with Gasteiger partial charge in [-0.3, -0.25) is 9.59 Å². The quantitative estimate of drug-likeness (QED) is 0.384. The summed E-state index contributed by atoms with van der Waals surface area (Å²) in [5.74, 6) is 0.225. The normalized spacial score (nSPS) is 10.8. The van der Waals surface area contributed by atoms with Crippen molar-refractivity contribution < 1.29 is 19.1 Å². The van der Waals surface area contributed by atoms with Gasteiger partial charge in [0.15, 0.2) is 17.3 Å².